The standard InChI is InChI=1S/C17H12BrClFN5O2/c18-13-12(19)5-11-15(14(13)20)23-7-9(6-22)16(11)24-3-4-25(17(26)27)10(8-24)1-2-21/h5,7,10H,1,3-4,8H2,(H,26,27)/t10-/m0/s1. The maximum atomic E-state index is 14.6. The second-order valence-electron chi connectivity index (χ2n) is 5.95. The van der Waals surface area contributed by atoms with Crippen LogP contribution in [0.15, 0.2) is 16.7 Å². The van der Waals surface area contributed by atoms with Crippen molar-refractivity contribution in [2.75, 3.05) is 24.5 Å². The first-order valence-electron chi connectivity index (χ1n) is 7.86. The molecule has 7 nitrogen and oxygen atoms in total. The zero-order chi connectivity index (χ0) is 19.7. The van der Waals surface area contributed by atoms with Crippen molar-refractivity contribution in [3.8, 4) is 12.1 Å². The average molecular weight is 453 g/mol. The van der Waals surface area contributed by atoms with E-state index in [0.29, 0.717) is 11.1 Å². The van der Waals surface area contributed by atoms with Gasteiger partial charge >= 0.3 is 6.09 Å². The predicted molar refractivity (Wildman–Crippen MR) is 100 cm³/mol. The molecular weight excluding hydrogens is 441 g/mol. The van der Waals surface area contributed by atoms with E-state index < -0.39 is 18.0 Å². The second-order valence-corrected chi connectivity index (χ2v) is 7.15. The lowest BCUT2D eigenvalue weighted by Crippen LogP contribution is -2.55. The summed E-state index contributed by atoms with van der Waals surface area (Å²) in [4.78, 5) is 18.4. The van der Waals surface area contributed by atoms with Gasteiger partial charge in [0.2, 0.25) is 0 Å². The zero-order valence-electron chi connectivity index (χ0n) is 13.8. The van der Waals surface area contributed by atoms with Gasteiger partial charge < -0.3 is 14.9 Å². The monoisotopic (exact) mass is 451 g/mol. The van der Waals surface area contributed by atoms with Crippen molar-refractivity contribution >= 4 is 50.2 Å². The quantitative estimate of drug-likeness (QED) is 0.696. The fraction of sp³-hybridized carbons (Fsp3) is 0.294. The highest BCUT2D eigenvalue weighted by Gasteiger charge is 2.32. The van der Waals surface area contributed by atoms with Gasteiger partial charge in [-0.25, -0.2) is 9.18 Å². The van der Waals surface area contributed by atoms with Crippen LogP contribution in [-0.2, 0) is 0 Å². The topological polar surface area (TPSA) is 104 Å². The van der Waals surface area contributed by atoms with Crippen LogP contribution in [0.4, 0.5) is 14.9 Å². The van der Waals surface area contributed by atoms with Crippen LogP contribution in [0, 0.1) is 28.5 Å². The largest absolute Gasteiger partial charge is 0.465 e. The normalized spacial score (nSPS) is 16.9. The van der Waals surface area contributed by atoms with Gasteiger partial charge in [0.15, 0.2) is 5.82 Å². The van der Waals surface area contributed by atoms with E-state index in [1.165, 1.54) is 17.2 Å². The average Bonchev–Trinajstić information content (AvgIpc) is 2.65. The summed E-state index contributed by atoms with van der Waals surface area (Å²) in [6.45, 7) is 0.642. The van der Waals surface area contributed by atoms with Crippen LogP contribution >= 0.6 is 27.5 Å². The van der Waals surface area contributed by atoms with Crippen LogP contribution in [0.2, 0.25) is 5.02 Å². The maximum absolute atomic E-state index is 14.6. The minimum absolute atomic E-state index is 0.00830. The number of carbonyl (C=O) groups is 1. The van der Waals surface area contributed by atoms with Crippen molar-refractivity contribution in [3.05, 3.63) is 33.1 Å². The minimum Gasteiger partial charge on any atom is -0.465 e. The molecule has 0 aliphatic carbocycles. The number of anilines is 1. The number of fused-ring (bicyclic) bond motifs is 1. The Balaban J connectivity index is 2.15. The van der Waals surface area contributed by atoms with Gasteiger partial charge in [-0.2, -0.15) is 10.5 Å². The van der Waals surface area contributed by atoms with Crippen LogP contribution in [0.1, 0.15) is 12.0 Å². The number of halogens is 3. The van der Waals surface area contributed by atoms with Crippen molar-refractivity contribution < 1.29 is 14.3 Å². The molecule has 1 aliphatic rings. The molecule has 0 saturated carbocycles. The van der Waals surface area contributed by atoms with Crippen LogP contribution in [0.3, 0.4) is 0 Å². The molecular formula is C17H12BrClFN5O2. The fourth-order valence-corrected chi connectivity index (χ4v) is 3.73. The molecule has 0 spiro atoms. The Morgan fingerprint density at radius 3 is 2.85 bits per heavy atom. The lowest BCUT2D eigenvalue weighted by atomic mass is 10.0. The van der Waals surface area contributed by atoms with Crippen molar-refractivity contribution in [1.29, 1.82) is 10.5 Å². The summed E-state index contributed by atoms with van der Waals surface area (Å²) in [7, 11) is 0. The molecule has 1 amide bonds. The first-order valence-corrected chi connectivity index (χ1v) is 9.03. The molecule has 27 heavy (non-hydrogen) atoms. The van der Waals surface area contributed by atoms with E-state index in [1.807, 2.05) is 12.1 Å². The molecule has 1 saturated heterocycles. The van der Waals surface area contributed by atoms with E-state index in [9.17, 15) is 19.6 Å². The molecule has 2 heterocycles. The highest BCUT2D eigenvalue weighted by Crippen LogP contribution is 2.38. The molecule has 0 bridgehead atoms. The van der Waals surface area contributed by atoms with E-state index in [0.717, 1.165) is 0 Å². The van der Waals surface area contributed by atoms with Crippen LogP contribution in [0.5, 0.6) is 0 Å². The summed E-state index contributed by atoms with van der Waals surface area (Å²) in [5.41, 5.74) is 0.710. The van der Waals surface area contributed by atoms with Crippen LogP contribution in [-0.4, -0.2) is 46.8 Å². The van der Waals surface area contributed by atoms with Crippen molar-refractivity contribution in [2.45, 2.75) is 12.5 Å². The van der Waals surface area contributed by atoms with Crippen LogP contribution < -0.4 is 4.90 Å². The first-order chi connectivity index (χ1) is 12.9. The molecule has 1 N–H and O–H groups in total. The number of carboxylic acid groups (broad SMARTS) is 1. The van der Waals surface area contributed by atoms with Gasteiger partial charge in [-0.1, -0.05) is 11.6 Å². The van der Waals surface area contributed by atoms with Gasteiger partial charge in [-0.05, 0) is 22.0 Å². The van der Waals surface area contributed by atoms with Crippen molar-refractivity contribution in [1.82, 2.24) is 9.88 Å². The molecule has 1 aliphatic heterocycles. The summed E-state index contributed by atoms with van der Waals surface area (Å²) in [6.07, 6.45) is 0.186. The lowest BCUT2D eigenvalue weighted by Gasteiger charge is -2.40. The molecule has 0 unspecified atom stereocenters. The number of piperazine rings is 1. The minimum atomic E-state index is -1.10. The third-order valence-corrected chi connectivity index (χ3v) is 5.76. The highest BCUT2D eigenvalue weighted by molar-refractivity contribution is 9.10. The first kappa shape index (κ1) is 19.2. The lowest BCUT2D eigenvalue weighted by molar-refractivity contribution is 0.119. The second kappa shape index (κ2) is 7.55. The Kier molecular flexibility index (Phi) is 5.36. The van der Waals surface area contributed by atoms with E-state index in [-0.39, 0.29) is 46.6 Å². The van der Waals surface area contributed by atoms with E-state index >= 15 is 0 Å². The number of nitrogens with zero attached hydrogens (tertiary/aromatic N) is 5. The Morgan fingerprint density at radius 2 is 2.22 bits per heavy atom. The summed E-state index contributed by atoms with van der Waals surface area (Å²) < 4.78 is 14.7. The molecule has 2 aromatic rings. The van der Waals surface area contributed by atoms with Crippen LogP contribution in [0.25, 0.3) is 10.9 Å². The van der Waals surface area contributed by atoms with Crippen molar-refractivity contribution in [2.24, 2.45) is 0 Å². The SMILES string of the molecule is N#CC[C@H]1CN(c2c(C#N)cnc3c(F)c(Br)c(Cl)cc23)CCN1C(=O)O. The predicted octanol–water partition coefficient (Wildman–Crippen LogP) is 3.74. The molecule has 138 valence electrons. The smallest absolute Gasteiger partial charge is 0.407 e. The molecule has 1 aromatic carbocycles. The van der Waals surface area contributed by atoms with Gasteiger partial charge in [-0.15, -0.1) is 0 Å². The summed E-state index contributed by atoms with van der Waals surface area (Å²) in [6, 6.07) is 4.99. The number of nitriles is 2. The number of hydrogen-bond donors (Lipinski definition) is 1. The van der Waals surface area contributed by atoms with Crippen molar-refractivity contribution in [3.63, 3.8) is 0 Å². The molecule has 10 heteroatoms. The van der Waals surface area contributed by atoms with Gasteiger partial charge in [0.1, 0.15) is 11.6 Å². The van der Waals surface area contributed by atoms with Gasteiger partial charge in [0, 0.05) is 31.2 Å². The number of pyridine rings is 1. The van der Waals surface area contributed by atoms with E-state index in [4.69, 9.17) is 16.9 Å². The van der Waals surface area contributed by atoms with E-state index in [2.05, 4.69) is 20.9 Å². The summed E-state index contributed by atoms with van der Waals surface area (Å²) in [5.74, 6) is -0.638. The number of amides is 1. The molecule has 0 radical (unpaired) electrons. The number of aromatic nitrogens is 1. The Morgan fingerprint density at radius 1 is 1.48 bits per heavy atom. The Bertz CT molecular complexity index is 1020. The van der Waals surface area contributed by atoms with Gasteiger partial charge in [-0.3, -0.25) is 4.98 Å². The van der Waals surface area contributed by atoms with Gasteiger partial charge in [0.25, 0.3) is 0 Å². The third kappa shape index (κ3) is 3.36. The Labute approximate surface area is 167 Å². The molecule has 1 fully saturated rings. The number of benzene rings is 1. The summed E-state index contributed by atoms with van der Waals surface area (Å²) >= 11 is 9.17. The highest BCUT2D eigenvalue weighted by atomic mass is 79.9. The van der Waals surface area contributed by atoms with Gasteiger partial charge in [0.05, 0.1) is 39.3 Å². The maximum Gasteiger partial charge on any atom is 0.407 e. The summed E-state index contributed by atoms with van der Waals surface area (Å²) in [5, 5.41) is 28.4. The zero-order valence-corrected chi connectivity index (χ0v) is 16.1. The fourth-order valence-electron chi connectivity index (χ4n) is 3.24. The third-order valence-electron chi connectivity index (χ3n) is 4.46. The van der Waals surface area contributed by atoms with E-state index in [1.54, 1.807) is 4.90 Å². The molecule has 1 atom stereocenters. The Hall–Kier alpha value is -2.62. The molecule has 3 rings (SSSR count). The molecule has 1 aromatic heterocycles. The number of rotatable bonds is 2. The number of hydrogen-bond acceptors (Lipinski definition) is 5.